The number of hydrogen-bond acceptors (Lipinski definition) is 4. The molecule has 1 unspecified atom stereocenters. The summed E-state index contributed by atoms with van der Waals surface area (Å²) in [7, 11) is 1.56. The van der Waals surface area contributed by atoms with Crippen LogP contribution in [0, 0.1) is 5.82 Å². The number of carbonyl (C=O) groups excluding carboxylic acids is 1. The number of fused-ring (bicyclic) bond motifs is 2. The number of amides is 1. The molecule has 7 heteroatoms. The topological polar surface area (TPSA) is 59.7 Å². The van der Waals surface area contributed by atoms with E-state index in [0.29, 0.717) is 34.4 Å². The maximum atomic E-state index is 15.6. The fourth-order valence-corrected chi connectivity index (χ4v) is 5.00. The van der Waals surface area contributed by atoms with E-state index in [1.54, 1.807) is 23.8 Å². The lowest BCUT2D eigenvalue weighted by atomic mass is 10.0. The number of methoxy groups -OCH3 is 1. The molecule has 0 bridgehead atoms. The van der Waals surface area contributed by atoms with Crippen molar-refractivity contribution in [3.8, 4) is 11.3 Å². The SMILES string of the molecule is C=COC.CCc1ccc2ccc(-c3cc4nc(C(=O)N5CCCCCC5C)cc(CC)n4n3)c(F)c2c1. The number of rotatable bonds is 5. The van der Waals surface area contributed by atoms with E-state index in [1.807, 2.05) is 42.2 Å². The summed E-state index contributed by atoms with van der Waals surface area (Å²) in [6.45, 7) is 10.2. The fourth-order valence-electron chi connectivity index (χ4n) is 5.00. The molecule has 200 valence electrons. The standard InChI is InChI=1S/C28H31FN4O.C3H6O/c1-4-19-10-11-20-12-13-22(27(29)23(20)15-19)24-17-26-30-25(16-21(5-2)33(26)31-24)28(34)32-14-8-6-7-9-18(32)3;1-3-4-2/h10-13,15-18H,4-9,14H2,1-3H3;3H,1H2,2H3. The molecule has 38 heavy (non-hydrogen) atoms. The first-order valence-corrected chi connectivity index (χ1v) is 13.5. The Hall–Kier alpha value is -3.74. The number of nitrogens with zero attached hydrogens (tertiary/aromatic N) is 4. The highest BCUT2D eigenvalue weighted by Gasteiger charge is 2.25. The summed E-state index contributed by atoms with van der Waals surface area (Å²) in [5, 5.41) is 6.17. The van der Waals surface area contributed by atoms with Crippen LogP contribution >= 0.6 is 0 Å². The molecule has 2 aromatic heterocycles. The number of aryl methyl sites for hydroxylation is 2. The van der Waals surface area contributed by atoms with Gasteiger partial charge in [-0.05, 0) is 61.8 Å². The molecule has 2 aromatic carbocycles. The van der Waals surface area contributed by atoms with Crippen molar-refractivity contribution in [1.82, 2.24) is 19.5 Å². The van der Waals surface area contributed by atoms with Crippen molar-refractivity contribution >= 4 is 22.3 Å². The maximum absolute atomic E-state index is 15.6. The molecular formula is C31H37FN4O2. The number of ether oxygens (including phenoxy) is 1. The molecule has 0 saturated carbocycles. The van der Waals surface area contributed by atoms with Crippen LogP contribution in [-0.4, -0.2) is 45.1 Å². The second kappa shape index (κ2) is 12.2. The van der Waals surface area contributed by atoms with Crippen molar-refractivity contribution < 1.29 is 13.9 Å². The van der Waals surface area contributed by atoms with Crippen molar-refractivity contribution in [2.75, 3.05) is 13.7 Å². The van der Waals surface area contributed by atoms with E-state index < -0.39 is 0 Å². The van der Waals surface area contributed by atoms with Gasteiger partial charge in [0, 0.05) is 35.3 Å². The fraction of sp³-hybridized carbons (Fsp3) is 0.387. The zero-order chi connectivity index (χ0) is 27.2. The van der Waals surface area contributed by atoms with E-state index in [4.69, 9.17) is 5.10 Å². The monoisotopic (exact) mass is 516 g/mol. The van der Waals surface area contributed by atoms with Crippen LogP contribution in [0.25, 0.3) is 27.7 Å². The van der Waals surface area contributed by atoms with Crippen molar-refractivity contribution in [1.29, 1.82) is 0 Å². The molecule has 5 rings (SSSR count). The molecule has 1 fully saturated rings. The Morgan fingerprint density at radius 3 is 2.61 bits per heavy atom. The second-order valence-corrected chi connectivity index (χ2v) is 9.72. The minimum atomic E-state index is -0.274. The summed E-state index contributed by atoms with van der Waals surface area (Å²) in [6, 6.07) is 13.5. The number of halogens is 1. The van der Waals surface area contributed by atoms with Gasteiger partial charge in [-0.3, -0.25) is 4.79 Å². The van der Waals surface area contributed by atoms with Gasteiger partial charge in [0.05, 0.1) is 19.1 Å². The highest BCUT2D eigenvalue weighted by molar-refractivity contribution is 5.93. The maximum Gasteiger partial charge on any atom is 0.272 e. The smallest absolute Gasteiger partial charge is 0.272 e. The summed E-state index contributed by atoms with van der Waals surface area (Å²) in [6.07, 6.45) is 7.27. The van der Waals surface area contributed by atoms with Crippen LogP contribution in [0.4, 0.5) is 4.39 Å². The molecule has 1 atom stereocenters. The van der Waals surface area contributed by atoms with Crippen LogP contribution in [0.3, 0.4) is 0 Å². The highest BCUT2D eigenvalue weighted by Crippen LogP contribution is 2.30. The van der Waals surface area contributed by atoms with E-state index in [0.717, 1.165) is 55.3 Å². The Morgan fingerprint density at radius 1 is 1.13 bits per heavy atom. The first-order chi connectivity index (χ1) is 18.4. The number of benzene rings is 2. The van der Waals surface area contributed by atoms with Gasteiger partial charge in [0.25, 0.3) is 5.91 Å². The third-order valence-corrected chi connectivity index (χ3v) is 7.27. The van der Waals surface area contributed by atoms with Gasteiger partial charge >= 0.3 is 0 Å². The van der Waals surface area contributed by atoms with Gasteiger partial charge in [-0.25, -0.2) is 13.9 Å². The molecule has 3 heterocycles. The predicted molar refractivity (Wildman–Crippen MR) is 151 cm³/mol. The van der Waals surface area contributed by atoms with Crippen LogP contribution in [0.2, 0.25) is 0 Å². The van der Waals surface area contributed by atoms with Gasteiger partial charge in [-0.1, -0.05) is 51.5 Å². The summed E-state index contributed by atoms with van der Waals surface area (Å²) in [4.78, 5) is 20.0. The van der Waals surface area contributed by atoms with Crippen LogP contribution in [0.1, 0.15) is 68.2 Å². The van der Waals surface area contributed by atoms with Crippen molar-refractivity contribution in [3.63, 3.8) is 0 Å². The summed E-state index contributed by atoms with van der Waals surface area (Å²) < 4.78 is 21.6. The van der Waals surface area contributed by atoms with Gasteiger partial charge in [0.1, 0.15) is 11.5 Å². The molecule has 1 aliphatic heterocycles. The van der Waals surface area contributed by atoms with Crippen LogP contribution in [-0.2, 0) is 17.6 Å². The van der Waals surface area contributed by atoms with Gasteiger partial charge in [0.2, 0.25) is 0 Å². The van der Waals surface area contributed by atoms with Crippen LogP contribution in [0.15, 0.2) is 55.3 Å². The van der Waals surface area contributed by atoms with E-state index in [1.165, 1.54) is 6.26 Å². The first-order valence-electron chi connectivity index (χ1n) is 13.5. The first kappa shape index (κ1) is 27.3. The average molecular weight is 517 g/mol. The summed E-state index contributed by atoms with van der Waals surface area (Å²) >= 11 is 0. The van der Waals surface area contributed by atoms with Gasteiger partial charge in [-0.15, -0.1) is 0 Å². The molecular weight excluding hydrogens is 479 g/mol. The highest BCUT2D eigenvalue weighted by atomic mass is 19.1. The van der Waals surface area contributed by atoms with Gasteiger partial charge < -0.3 is 9.64 Å². The number of carbonyl (C=O) groups is 1. The van der Waals surface area contributed by atoms with Crippen LogP contribution in [0.5, 0.6) is 0 Å². The summed E-state index contributed by atoms with van der Waals surface area (Å²) in [5.74, 6) is -0.303. The molecule has 0 aliphatic carbocycles. The lowest BCUT2D eigenvalue weighted by molar-refractivity contribution is 0.0692. The number of aromatic nitrogens is 3. The summed E-state index contributed by atoms with van der Waals surface area (Å²) in [5.41, 5.74) is 3.97. The minimum absolute atomic E-state index is 0.0293. The largest absolute Gasteiger partial charge is 0.505 e. The van der Waals surface area contributed by atoms with E-state index in [9.17, 15) is 4.79 Å². The molecule has 0 radical (unpaired) electrons. The minimum Gasteiger partial charge on any atom is -0.505 e. The molecule has 1 aliphatic rings. The Morgan fingerprint density at radius 2 is 1.89 bits per heavy atom. The Kier molecular flexibility index (Phi) is 8.77. The molecule has 4 aromatic rings. The van der Waals surface area contributed by atoms with E-state index in [-0.39, 0.29) is 17.8 Å². The Labute approximate surface area is 224 Å². The van der Waals surface area contributed by atoms with Crippen molar-refractivity contribution in [2.24, 2.45) is 0 Å². The molecule has 0 N–H and O–H groups in total. The molecule has 1 saturated heterocycles. The Bertz CT molecular complexity index is 1450. The average Bonchev–Trinajstić information content (AvgIpc) is 3.26. The van der Waals surface area contributed by atoms with E-state index in [2.05, 4.69) is 30.1 Å². The number of likely N-dealkylation sites (tertiary alicyclic amines) is 1. The normalized spacial score (nSPS) is 15.6. The van der Waals surface area contributed by atoms with Crippen LogP contribution < -0.4 is 0 Å². The molecule has 1 amide bonds. The lowest BCUT2D eigenvalue weighted by Gasteiger charge is -2.27. The van der Waals surface area contributed by atoms with Crippen molar-refractivity contribution in [2.45, 2.75) is 65.3 Å². The van der Waals surface area contributed by atoms with Gasteiger partial charge in [0.15, 0.2) is 5.65 Å². The zero-order valence-electron chi connectivity index (χ0n) is 22.8. The number of hydrogen-bond donors (Lipinski definition) is 0. The Balaban J connectivity index is 0.000000786. The molecule has 6 nitrogen and oxygen atoms in total. The predicted octanol–water partition coefficient (Wildman–Crippen LogP) is 6.99. The van der Waals surface area contributed by atoms with Gasteiger partial charge in [-0.2, -0.15) is 5.10 Å². The second-order valence-electron chi connectivity index (χ2n) is 9.72. The quantitative estimate of drug-likeness (QED) is 0.268. The lowest BCUT2D eigenvalue weighted by Crippen LogP contribution is -2.38. The molecule has 0 spiro atoms. The van der Waals surface area contributed by atoms with E-state index >= 15 is 4.39 Å². The third kappa shape index (κ3) is 5.57. The zero-order valence-corrected chi connectivity index (χ0v) is 22.8. The van der Waals surface area contributed by atoms with Crippen molar-refractivity contribution in [3.05, 3.63) is 78.1 Å². The third-order valence-electron chi connectivity index (χ3n) is 7.27.